The molecule has 0 bridgehead atoms. The standard InChI is InChI=1S/C25H21F3N4O3.C2H6O/c1-17-5-7-18(8-6-17)13-19(25(26,27)28)14-29-24(30-16-34)32-20-9-11-22(12-10-20)35-23-4-2-3-21(15-33)31-23;1-3-2/h2-12,14-16H,13H2,1H3,(H2,29,30,32,34);1-2H3/b19-14+;. The number of aromatic nitrogens is 1. The Kier molecular flexibility index (Phi) is 11.7. The zero-order chi connectivity index (χ0) is 28.0. The van der Waals surface area contributed by atoms with Gasteiger partial charge in [-0.3, -0.25) is 14.9 Å². The van der Waals surface area contributed by atoms with Gasteiger partial charge in [0.1, 0.15) is 11.4 Å². The molecule has 2 aromatic carbocycles. The summed E-state index contributed by atoms with van der Waals surface area (Å²) in [6, 6.07) is 17.7. The number of guanidine groups is 1. The van der Waals surface area contributed by atoms with E-state index in [9.17, 15) is 22.8 Å². The van der Waals surface area contributed by atoms with Crippen LogP contribution in [0.3, 0.4) is 0 Å². The van der Waals surface area contributed by atoms with Crippen LogP contribution in [0.4, 0.5) is 18.9 Å². The molecule has 2 N–H and O–H groups in total. The van der Waals surface area contributed by atoms with Crippen LogP contribution in [0.15, 0.2) is 83.5 Å². The number of benzene rings is 2. The van der Waals surface area contributed by atoms with Crippen molar-refractivity contribution in [3.63, 3.8) is 0 Å². The number of halogens is 3. The quantitative estimate of drug-likeness (QED) is 0.229. The van der Waals surface area contributed by atoms with Crippen molar-refractivity contribution < 1.29 is 32.2 Å². The van der Waals surface area contributed by atoms with E-state index < -0.39 is 11.7 Å². The zero-order valence-corrected chi connectivity index (χ0v) is 21.0. The van der Waals surface area contributed by atoms with E-state index in [1.165, 1.54) is 6.07 Å². The van der Waals surface area contributed by atoms with Gasteiger partial charge in [0.2, 0.25) is 18.2 Å². The summed E-state index contributed by atoms with van der Waals surface area (Å²) in [5.74, 6) is 0.434. The van der Waals surface area contributed by atoms with Gasteiger partial charge in [-0.2, -0.15) is 13.2 Å². The van der Waals surface area contributed by atoms with Crippen LogP contribution in [0.5, 0.6) is 11.6 Å². The lowest BCUT2D eigenvalue weighted by atomic mass is 10.0. The monoisotopic (exact) mass is 528 g/mol. The van der Waals surface area contributed by atoms with Crippen LogP contribution in [-0.2, 0) is 16.0 Å². The zero-order valence-electron chi connectivity index (χ0n) is 21.0. The minimum absolute atomic E-state index is 0.195. The third-order valence-corrected chi connectivity index (χ3v) is 4.63. The van der Waals surface area contributed by atoms with E-state index in [2.05, 4.69) is 25.3 Å². The second-order valence-corrected chi connectivity index (χ2v) is 7.73. The van der Waals surface area contributed by atoms with Gasteiger partial charge in [-0.1, -0.05) is 35.9 Å². The first-order valence-electron chi connectivity index (χ1n) is 11.2. The van der Waals surface area contributed by atoms with Gasteiger partial charge < -0.3 is 14.8 Å². The van der Waals surface area contributed by atoms with Gasteiger partial charge >= 0.3 is 6.18 Å². The Morgan fingerprint density at radius 1 is 1.00 bits per heavy atom. The summed E-state index contributed by atoms with van der Waals surface area (Å²) in [6.07, 6.45) is -3.39. The number of methoxy groups -OCH3 is 1. The van der Waals surface area contributed by atoms with Crippen LogP contribution in [0.1, 0.15) is 21.6 Å². The first-order valence-corrected chi connectivity index (χ1v) is 11.2. The molecule has 0 saturated heterocycles. The smallest absolute Gasteiger partial charge is 0.414 e. The van der Waals surface area contributed by atoms with Gasteiger partial charge in [-0.05, 0) is 42.8 Å². The van der Waals surface area contributed by atoms with Gasteiger partial charge in [-0.15, -0.1) is 0 Å². The summed E-state index contributed by atoms with van der Waals surface area (Å²) in [6.45, 7) is 1.85. The number of carbonyl (C=O) groups is 2. The van der Waals surface area contributed by atoms with Crippen molar-refractivity contribution in [1.29, 1.82) is 0 Å². The molecular weight excluding hydrogens is 501 g/mol. The number of aliphatic imine (C=N–C) groups is 1. The van der Waals surface area contributed by atoms with Gasteiger partial charge in [0.15, 0.2) is 6.29 Å². The largest absolute Gasteiger partial charge is 0.439 e. The number of carbonyl (C=O) groups excluding carboxylic acids is 2. The van der Waals surface area contributed by atoms with Crippen molar-refractivity contribution in [3.05, 3.63) is 95.3 Å². The number of pyridine rings is 1. The molecular formula is C27H27F3N4O4. The fourth-order valence-electron chi connectivity index (χ4n) is 2.87. The molecule has 1 heterocycles. The Bertz CT molecular complexity index is 1240. The van der Waals surface area contributed by atoms with Crippen molar-refractivity contribution in [1.82, 2.24) is 10.3 Å². The van der Waals surface area contributed by atoms with Gasteiger partial charge in [0.25, 0.3) is 0 Å². The Morgan fingerprint density at radius 2 is 1.66 bits per heavy atom. The number of anilines is 1. The Labute approximate surface area is 218 Å². The van der Waals surface area contributed by atoms with Crippen molar-refractivity contribution in [2.45, 2.75) is 19.5 Å². The summed E-state index contributed by atoms with van der Waals surface area (Å²) in [5, 5.41) is 4.99. The summed E-state index contributed by atoms with van der Waals surface area (Å²) in [4.78, 5) is 29.6. The van der Waals surface area contributed by atoms with Crippen molar-refractivity contribution in [3.8, 4) is 11.6 Å². The third-order valence-electron chi connectivity index (χ3n) is 4.63. The fourth-order valence-corrected chi connectivity index (χ4v) is 2.87. The van der Waals surface area contributed by atoms with Crippen molar-refractivity contribution in [2.75, 3.05) is 19.5 Å². The molecule has 3 aromatic rings. The molecule has 0 aliphatic heterocycles. The van der Waals surface area contributed by atoms with Gasteiger partial charge in [-0.25, -0.2) is 9.98 Å². The summed E-state index contributed by atoms with van der Waals surface area (Å²) >= 11 is 0. The minimum Gasteiger partial charge on any atom is -0.439 e. The van der Waals surface area contributed by atoms with E-state index in [4.69, 9.17) is 4.74 Å². The predicted molar refractivity (Wildman–Crippen MR) is 138 cm³/mol. The third kappa shape index (κ3) is 10.2. The maximum absolute atomic E-state index is 13.5. The molecule has 0 atom stereocenters. The number of nitrogens with one attached hydrogen (secondary N) is 2. The molecule has 8 nitrogen and oxygen atoms in total. The van der Waals surface area contributed by atoms with Crippen molar-refractivity contribution in [2.24, 2.45) is 4.99 Å². The average Bonchev–Trinajstić information content (AvgIpc) is 2.88. The molecule has 0 radical (unpaired) electrons. The Balaban J connectivity index is 0.00000161. The van der Waals surface area contributed by atoms with Crippen LogP contribution in [0.2, 0.25) is 0 Å². The lowest BCUT2D eigenvalue weighted by molar-refractivity contribution is -0.108. The molecule has 3 rings (SSSR count). The molecule has 0 unspecified atom stereocenters. The highest BCUT2D eigenvalue weighted by Crippen LogP contribution is 2.29. The number of aryl methyl sites for hydroxylation is 1. The number of rotatable bonds is 8. The first kappa shape index (κ1) is 29.7. The van der Waals surface area contributed by atoms with E-state index in [-0.39, 0.29) is 24.0 Å². The minimum atomic E-state index is -4.60. The molecule has 38 heavy (non-hydrogen) atoms. The number of aldehydes is 1. The second-order valence-electron chi connectivity index (χ2n) is 7.73. The molecule has 1 aromatic heterocycles. The van der Waals surface area contributed by atoms with E-state index in [1.54, 1.807) is 74.9 Å². The molecule has 0 aliphatic rings. The summed E-state index contributed by atoms with van der Waals surface area (Å²) < 4.78 is 50.4. The number of ether oxygens (including phenoxy) is 2. The molecule has 0 fully saturated rings. The van der Waals surface area contributed by atoms with Gasteiger partial charge in [0.05, 0.1) is 5.57 Å². The molecule has 0 aliphatic carbocycles. The Hall–Kier alpha value is -4.51. The van der Waals surface area contributed by atoms with Crippen LogP contribution >= 0.6 is 0 Å². The van der Waals surface area contributed by atoms with E-state index in [0.717, 1.165) is 5.56 Å². The van der Waals surface area contributed by atoms with E-state index >= 15 is 0 Å². The van der Waals surface area contributed by atoms with Gasteiger partial charge in [0, 0.05) is 38.6 Å². The fraction of sp³-hybridized carbons (Fsp3) is 0.185. The number of alkyl halides is 3. The molecule has 200 valence electrons. The summed E-state index contributed by atoms with van der Waals surface area (Å²) in [5.41, 5.74) is 1.20. The van der Waals surface area contributed by atoms with Crippen LogP contribution in [0.25, 0.3) is 0 Å². The SMILES string of the molecule is COC.Cc1ccc(C/C(=C\N=C(NC=O)Nc2ccc(Oc3cccc(C=O)n3)cc2)C(F)(F)F)cc1. The molecule has 1 amide bonds. The van der Waals surface area contributed by atoms with E-state index in [1.807, 2.05) is 6.92 Å². The maximum Gasteiger partial charge on any atom is 0.414 e. The normalized spacial score (nSPS) is 11.6. The number of amides is 1. The van der Waals surface area contributed by atoms with E-state index in [0.29, 0.717) is 35.9 Å². The molecule has 0 saturated carbocycles. The number of hydrogen-bond acceptors (Lipinski definition) is 6. The van der Waals surface area contributed by atoms with Crippen LogP contribution in [-0.4, -0.2) is 44.0 Å². The highest BCUT2D eigenvalue weighted by molar-refractivity contribution is 5.99. The first-order chi connectivity index (χ1) is 18.2. The average molecular weight is 529 g/mol. The molecule has 11 heteroatoms. The lowest BCUT2D eigenvalue weighted by Crippen LogP contribution is -2.29. The molecule has 0 spiro atoms. The lowest BCUT2D eigenvalue weighted by Gasteiger charge is -2.12. The Morgan fingerprint density at radius 3 is 2.24 bits per heavy atom. The van der Waals surface area contributed by atoms with Crippen LogP contribution in [0, 0.1) is 6.92 Å². The number of allylic oxidation sites excluding steroid dienone is 1. The topological polar surface area (TPSA) is 102 Å². The highest BCUT2D eigenvalue weighted by Gasteiger charge is 2.33. The maximum atomic E-state index is 13.5. The predicted octanol–water partition coefficient (Wildman–Crippen LogP) is 5.46. The second kappa shape index (κ2) is 14.9. The van der Waals surface area contributed by atoms with Crippen LogP contribution < -0.4 is 15.4 Å². The number of hydrogen-bond donors (Lipinski definition) is 2. The summed E-state index contributed by atoms with van der Waals surface area (Å²) in [7, 11) is 3.25. The highest BCUT2D eigenvalue weighted by atomic mass is 19.4. The number of nitrogens with zero attached hydrogens (tertiary/aromatic N) is 2. The van der Waals surface area contributed by atoms with Crippen molar-refractivity contribution >= 4 is 24.3 Å².